The van der Waals surface area contributed by atoms with Crippen LogP contribution in [0, 0.1) is 16.7 Å². The first-order valence-corrected chi connectivity index (χ1v) is 11.5. The number of ether oxygens (including phenoxy) is 3. The van der Waals surface area contributed by atoms with Gasteiger partial charge in [0.05, 0.1) is 24.2 Å². The van der Waals surface area contributed by atoms with Crippen molar-refractivity contribution >= 4 is 22.7 Å². The number of rotatable bonds is 7. The number of aromatic carboxylic acids is 1. The van der Waals surface area contributed by atoms with Gasteiger partial charge >= 0.3 is 11.9 Å². The van der Waals surface area contributed by atoms with Crippen molar-refractivity contribution in [3.05, 3.63) is 71.3 Å². The highest BCUT2D eigenvalue weighted by Crippen LogP contribution is 2.40. The predicted octanol–water partition coefficient (Wildman–Crippen LogP) is 5.49. The van der Waals surface area contributed by atoms with E-state index in [-0.39, 0.29) is 41.3 Å². The number of carboxylic acid groups (broad SMARTS) is 1. The van der Waals surface area contributed by atoms with E-state index in [0.29, 0.717) is 25.7 Å². The Morgan fingerprint density at radius 1 is 1.09 bits per heavy atom. The minimum absolute atomic E-state index is 0.0702. The predicted molar refractivity (Wildman–Crippen MR) is 129 cm³/mol. The summed E-state index contributed by atoms with van der Waals surface area (Å²) in [6, 6.07) is 18.7. The third-order valence-electron chi connectivity index (χ3n) is 6.71. The number of carbonyl (C=O) groups is 2. The summed E-state index contributed by atoms with van der Waals surface area (Å²) in [5.41, 5.74) is 0.470. The zero-order valence-electron chi connectivity index (χ0n) is 19.7. The Labute approximate surface area is 203 Å². The van der Waals surface area contributed by atoms with Crippen LogP contribution in [0.4, 0.5) is 0 Å². The monoisotopic (exact) mass is 473 g/mol. The second-order valence-electron chi connectivity index (χ2n) is 9.06. The molecule has 0 unspecified atom stereocenters. The summed E-state index contributed by atoms with van der Waals surface area (Å²) in [6.07, 6.45) is 2.06. The SMILES string of the molecule is COc1cc(C#N)c(OC2CCC(C)(C(=O)OCc3cccc4ccccc34)CC2)cc1C(=O)O. The molecule has 7 heteroatoms. The van der Waals surface area contributed by atoms with Crippen molar-refractivity contribution in [3.8, 4) is 17.6 Å². The smallest absolute Gasteiger partial charge is 0.339 e. The van der Waals surface area contributed by atoms with Gasteiger partial charge in [-0.2, -0.15) is 5.26 Å². The van der Waals surface area contributed by atoms with Gasteiger partial charge in [-0.05, 0) is 55.0 Å². The summed E-state index contributed by atoms with van der Waals surface area (Å²) in [7, 11) is 1.35. The molecule has 1 N–H and O–H groups in total. The van der Waals surface area contributed by atoms with E-state index in [9.17, 15) is 20.0 Å². The lowest BCUT2D eigenvalue weighted by molar-refractivity contribution is -0.159. The Morgan fingerprint density at radius 3 is 2.49 bits per heavy atom. The minimum atomic E-state index is -1.17. The topological polar surface area (TPSA) is 106 Å². The van der Waals surface area contributed by atoms with Crippen molar-refractivity contribution in [1.29, 1.82) is 5.26 Å². The minimum Gasteiger partial charge on any atom is -0.496 e. The molecule has 0 aliphatic heterocycles. The van der Waals surface area contributed by atoms with E-state index in [0.717, 1.165) is 16.3 Å². The van der Waals surface area contributed by atoms with Crippen LogP contribution in [-0.2, 0) is 16.1 Å². The fourth-order valence-electron chi connectivity index (χ4n) is 4.55. The van der Waals surface area contributed by atoms with Crippen LogP contribution in [0.2, 0.25) is 0 Å². The zero-order valence-corrected chi connectivity index (χ0v) is 19.7. The number of nitriles is 1. The molecule has 0 heterocycles. The summed E-state index contributed by atoms with van der Waals surface area (Å²) in [6.45, 7) is 2.12. The van der Waals surface area contributed by atoms with Gasteiger partial charge in [0.1, 0.15) is 29.7 Å². The van der Waals surface area contributed by atoms with Gasteiger partial charge < -0.3 is 19.3 Å². The van der Waals surface area contributed by atoms with Crippen molar-refractivity contribution < 1.29 is 28.9 Å². The van der Waals surface area contributed by atoms with Gasteiger partial charge in [-0.1, -0.05) is 42.5 Å². The first-order chi connectivity index (χ1) is 16.8. The standard InChI is InChI=1S/C28H27NO6/c1-28(27(32)34-17-19-8-5-7-18-6-3-4-9-22(18)19)12-10-21(11-13-28)35-24-15-23(26(30)31)25(33-2)14-20(24)16-29/h3-9,14-15,21H,10-13,17H2,1-2H3,(H,30,31). The zero-order chi connectivity index (χ0) is 25.0. The number of hydrogen-bond acceptors (Lipinski definition) is 6. The van der Waals surface area contributed by atoms with Crippen molar-refractivity contribution in [1.82, 2.24) is 0 Å². The molecule has 0 atom stereocenters. The Morgan fingerprint density at radius 2 is 1.80 bits per heavy atom. The summed E-state index contributed by atoms with van der Waals surface area (Å²) >= 11 is 0. The van der Waals surface area contributed by atoms with E-state index >= 15 is 0 Å². The van der Waals surface area contributed by atoms with E-state index in [1.165, 1.54) is 19.2 Å². The van der Waals surface area contributed by atoms with Crippen LogP contribution < -0.4 is 9.47 Å². The fourth-order valence-corrected chi connectivity index (χ4v) is 4.55. The number of nitrogens with zero attached hydrogens (tertiary/aromatic N) is 1. The molecule has 1 saturated carbocycles. The number of esters is 1. The largest absolute Gasteiger partial charge is 0.496 e. The molecule has 0 bridgehead atoms. The van der Waals surface area contributed by atoms with E-state index in [1.807, 2.05) is 55.5 Å². The maximum Gasteiger partial charge on any atom is 0.339 e. The van der Waals surface area contributed by atoms with Gasteiger partial charge in [-0.15, -0.1) is 0 Å². The first kappa shape index (κ1) is 24.1. The molecule has 3 aromatic rings. The van der Waals surface area contributed by atoms with E-state index in [4.69, 9.17) is 14.2 Å². The van der Waals surface area contributed by atoms with Crippen molar-refractivity contribution in [2.24, 2.45) is 5.41 Å². The molecule has 0 radical (unpaired) electrons. The van der Waals surface area contributed by atoms with Gasteiger partial charge in [-0.25, -0.2) is 4.79 Å². The molecule has 1 aliphatic rings. The molecule has 1 aliphatic carbocycles. The Balaban J connectivity index is 1.40. The van der Waals surface area contributed by atoms with Gasteiger partial charge in [0.25, 0.3) is 0 Å². The summed E-state index contributed by atoms with van der Waals surface area (Å²) in [4.78, 5) is 24.6. The van der Waals surface area contributed by atoms with Crippen LogP contribution in [0.5, 0.6) is 11.5 Å². The lowest BCUT2D eigenvalue weighted by Crippen LogP contribution is -2.37. The number of fused-ring (bicyclic) bond motifs is 1. The highest BCUT2D eigenvalue weighted by Gasteiger charge is 2.40. The van der Waals surface area contributed by atoms with Crippen LogP contribution in [-0.4, -0.2) is 30.3 Å². The fraction of sp³-hybridized carbons (Fsp3) is 0.321. The van der Waals surface area contributed by atoms with Crippen molar-refractivity contribution in [2.45, 2.75) is 45.3 Å². The van der Waals surface area contributed by atoms with Crippen LogP contribution in [0.1, 0.15) is 54.1 Å². The molecule has 0 amide bonds. The van der Waals surface area contributed by atoms with Crippen LogP contribution >= 0.6 is 0 Å². The lowest BCUT2D eigenvalue weighted by Gasteiger charge is -2.35. The molecule has 0 spiro atoms. The number of hydrogen-bond donors (Lipinski definition) is 1. The summed E-state index contributed by atoms with van der Waals surface area (Å²) in [5, 5.41) is 21.1. The van der Waals surface area contributed by atoms with Crippen LogP contribution in [0.25, 0.3) is 10.8 Å². The van der Waals surface area contributed by atoms with Gasteiger partial charge in [0, 0.05) is 6.07 Å². The molecule has 0 saturated heterocycles. The molecule has 180 valence electrons. The van der Waals surface area contributed by atoms with E-state index < -0.39 is 11.4 Å². The second kappa shape index (κ2) is 10.1. The summed E-state index contributed by atoms with van der Waals surface area (Å²) in [5.74, 6) is -1.09. The van der Waals surface area contributed by atoms with Crippen molar-refractivity contribution in [2.75, 3.05) is 7.11 Å². The van der Waals surface area contributed by atoms with Crippen LogP contribution in [0.3, 0.4) is 0 Å². The molecular weight excluding hydrogens is 446 g/mol. The molecular formula is C28H27NO6. The maximum atomic E-state index is 13.0. The van der Waals surface area contributed by atoms with E-state index in [1.54, 1.807) is 0 Å². The summed E-state index contributed by atoms with van der Waals surface area (Å²) < 4.78 is 16.8. The molecule has 3 aromatic carbocycles. The number of carboxylic acids is 1. The first-order valence-electron chi connectivity index (χ1n) is 11.5. The van der Waals surface area contributed by atoms with E-state index in [2.05, 4.69) is 0 Å². The third kappa shape index (κ3) is 5.07. The van der Waals surface area contributed by atoms with Gasteiger partial charge in [-0.3, -0.25) is 4.79 Å². The normalized spacial score (nSPS) is 19.5. The Bertz CT molecular complexity index is 1300. The Hall–Kier alpha value is -4.05. The quantitative estimate of drug-likeness (QED) is 0.452. The maximum absolute atomic E-state index is 13.0. The van der Waals surface area contributed by atoms with Gasteiger partial charge in [0.2, 0.25) is 0 Å². The second-order valence-corrected chi connectivity index (χ2v) is 9.06. The van der Waals surface area contributed by atoms with Gasteiger partial charge in [0.15, 0.2) is 0 Å². The molecule has 7 nitrogen and oxygen atoms in total. The van der Waals surface area contributed by atoms with Crippen molar-refractivity contribution in [3.63, 3.8) is 0 Å². The molecule has 35 heavy (non-hydrogen) atoms. The highest BCUT2D eigenvalue weighted by molar-refractivity contribution is 5.92. The molecule has 4 rings (SSSR count). The van der Waals surface area contributed by atoms with Crippen LogP contribution in [0.15, 0.2) is 54.6 Å². The average Bonchev–Trinajstić information content (AvgIpc) is 2.88. The number of benzene rings is 3. The molecule has 1 fully saturated rings. The lowest BCUT2D eigenvalue weighted by atomic mass is 9.74. The molecule has 0 aromatic heterocycles. The Kier molecular flexibility index (Phi) is 6.92. The average molecular weight is 474 g/mol. The highest BCUT2D eigenvalue weighted by atomic mass is 16.5. The third-order valence-corrected chi connectivity index (χ3v) is 6.71. The number of carbonyl (C=O) groups excluding carboxylic acids is 1. The number of methoxy groups -OCH3 is 1.